The smallest absolute Gasteiger partial charge is 0.309 e. The Bertz CT molecular complexity index is 422. The minimum Gasteiger partial charge on any atom is -0.481 e. The van der Waals surface area contributed by atoms with Gasteiger partial charge in [-0.15, -0.1) is 0 Å². The summed E-state index contributed by atoms with van der Waals surface area (Å²) in [5, 5.41) is 9.06. The number of esters is 1. The number of hydrogen-bond donors (Lipinski definition) is 1. The maximum absolute atomic E-state index is 12.4. The number of carbonyl (C=O) groups is 2. The molecule has 0 spiro atoms. The molecule has 1 aliphatic carbocycles. The lowest BCUT2D eigenvalue weighted by atomic mass is 9.82. The Labute approximate surface area is 166 Å². The Kier molecular flexibility index (Phi) is 11.7. The van der Waals surface area contributed by atoms with Crippen molar-refractivity contribution in [3.8, 4) is 0 Å². The van der Waals surface area contributed by atoms with E-state index < -0.39 is 11.6 Å². The molecule has 0 atom stereocenters. The van der Waals surface area contributed by atoms with Gasteiger partial charge in [-0.25, -0.2) is 0 Å². The zero-order valence-electron chi connectivity index (χ0n) is 17.9. The quantitative estimate of drug-likeness (QED) is 0.275. The highest BCUT2D eigenvalue weighted by molar-refractivity contribution is 5.74. The van der Waals surface area contributed by atoms with Crippen LogP contribution < -0.4 is 0 Å². The van der Waals surface area contributed by atoms with Crippen molar-refractivity contribution in [3.63, 3.8) is 0 Å². The Morgan fingerprint density at radius 1 is 0.815 bits per heavy atom. The van der Waals surface area contributed by atoms with Gasteiger partial charge in [0.25, 0.3) is 0 Å². The lowest BCUT2D eigenvalue weighted by Gasteiger charge is -2.30. The number of rotatable bonds is 14. The van der Waals surface area contributed by atoms with Crippen LogP contribution in [-0.4, -0.2) is 22.6 Å². The molecule has 1 saturated carbocycles. The van der Waals surface area contributed by atoms with E-state index in [0.717, 1.165) is 12.8 Å². The number of unbranched alkanes of at least 4 members (excludes halogenated alkanes) is 9. The average Bonchev–Trinajstić information content (AvgIpc) is 2.63. The lowest BCUT2D eigenvalue weighted by molar-refractivity contribution is -0.165. The molecule has 4 heteroatoms. The fourth-order valence-corrected chi connectivity index (χ4v) is 4.02. The van der Waals surface area contributed by atoms with E-state index in [0.29, 0.717) is 25.7 Å². The summed E-state index contributed by atoms with van der Waals surface area (Å²) < 4.78 is 5.77. The van der Waals surface area contributed by atoms with Crippen LogP contribution in [0.4, 0.5) is 0 Å². The topological polar surface area (TPSA) is 63.6 Å². The van der Waals surface area contributed by atoms with Crippen LogP contribution in [0.1, 0.15) is 117 Å². The predicted molar refractivity (Wildman–Crippen MR) is 110 cm³/mol. The van der Waals surface area contributed by atoms with Crippen LogP contribution in [0.5, 0.6) is 0 Å². The van der Waals surface area contributed by atoms with E-state index in [2.05, 4.69) is 6.92 Å². The molecule has 1 rings (SSSR count). The second-order valence-electron chi connectivity index (χ2n) is 9.00. The molecular formula is C23H42O4. The van der Waals surface area contributed by atoms with Gasteiger partial charge in [-0.2, -0.15) is 0 Å². The molecule has 27 heavy (non-hydrogen) atoms. The number of aliphatic carboxylic acids is 1. The number of ether oxygens (including phenoxy) is 1. The highest BCUT2D eigenvalue weighted by Gasteiger charge is 2.33. The number of carboxylic acid groups (broad SMARTS) is 1. The van der Waals surface area contributed by atoms with E-state index in [4.69, 9.17) is 9.84 Å². The van der Waals surface area contributed by atoms with Gasteiger partial charge in [0.1, 0.15) is 5.60 Å². The largest absolute Gasteiger partial charge is 0.481 e. The average molecular weight is 383 g/mol. The number of carboxylic acids is 1. The van der Waals surface area contributed by atoms with Crippen molar-refractivity contribution < 1.29 is 19.4 Å². The van der Waals surface area contributed by atoms with Gasteiger partial charge in [0, 0.05) is 0 Å². The summed E-state index contributed by atoms with van der Waals surface area (Å²) in [4.78, 5) is 23.4. The van der Waals surface area contributed by atoms with Gasteiger partial charge in [-0.05, 0) is 52.4 Å². The Hall–Kier alpha value is -1.06. The molecule has 1 fully saturated rings. The fourth-order valence-electron chi connectivity index (χ4n) is 4.02. The zero-order valence-corrected chi connectivity index (χ0v) is 17.9. The molecule has 0 saturated heterocycles. The molecule has 0 amide bonds. The highest BCUT2D eigenvalue weighted by atomic mass is 16.6. The molecule has 0 heterocycles. The SMILES string of the molecule is CCCCCCCCCCCCC(C)(C)OC(=O)C1CCC(C(=O)O)CC1. The second kappa shape index (κ2) is 13.2. The number of hydrogen-bond acceptors (Lipinski definition) is 3. The van der Waals surface area contributed by atoms with E-state index >= 15 is 0 Å². The van der Waals surface area contributed by atoms with E-state index in [1.54, 1.807) is 0 Å². The van der Waals surface area contributed by atoms with Crippen molar-refractivity contribution in [2.24, 2.45) is 11.8 Å². The van der Waals surface area contributed by atoms with Crippen molar-refractivity contribution >= 4 is 11.9 Å². The van der Waals surface area contributed by atoms with Gasteiger partial charge >= 0.3 is 11.9 Å². The minimum absolute atomic E-state index is 0.118. The van der Waals surface area contributed by atoms with Crippen molar-refractivity contribution in [1.82, 2.24) is 0 Å². The summed E-state index contributed by atoms with van der Waals surface area (Å²) in [6.45, 7) is 6.26. The standard InChI is InChI=1S/C23H42O4/c1-4-5-6-7-8-9-10-11-12-13-18-23(2,3)27-22(26)20-16-14-19(15-17-20)21(24)25/h19-20H,4-18H2,1-3H3,(H,24,25). The van der Waals surface area contributed by atoms with E-state index in [9.17, 15) is 9.59 Å². The van der Waals surface area contributed by atoms with Crippen LogP contribution in [0.15, 0.2) is 0 Å². The van der Waals surface area contributed by atoms with Gasteiger partial charge < -0.3 is 9.84 Å². The zero-order chi connectivity index (χ0) is 20.1. The lowest BCUT2D eigenvalue weighted by Crippen LogP contribution is -2.34. The van der Waals surface area contributed by atoms with Crippen LogP contribution in [0.25, 0.3) is 0 Å². The van der Waals surface area contributed by atoms with E-state index in [1.807, 2.05) is 13.8 Å². The van der Waals surface area contributed by atoms with Crippen molar-refractivity contribution in [3.05, 3.63) is 0 Å². The third-order valence-corrected chi connectivity index (χ3v) is 5.92. The summed E-state index contributed by atoms with van der Waals surface area (Å²) in [7, 11) is 0. The highest BCUT2D eigenvalue weighted by Crippen LogP contribution is 2.31. The monoisotopic (exact) mass is 382 g/mol. The van der Waals surface area contributed by atoms with Gasteiger partial charge in [0.2, 0.25) is 0 Å². The molecule has 0 aliphatic heterocycles. The van der Waals surface area contributed by atoms with E-state index in [-0.39, 0.29) is 17.8 Å². The first kappa shape index (κ1) is 24.0. The Balaban J connectivity index is 2.09. The van der Waals surface area contributed by atoms with Crippen molar-refractivity contribution in [2.45, 2.75) is 123 Å². The van der Waals surface area contributed by atoms with Crippen LogP contribution in [0, 0.1) is 11.8 Å². The normalized spacial score (nSPS) is 20.4. The summed E-state index contributed by atoms with van der Waals surface area (Å²) in [5.74, 6) is -1.26. The second-order valence-corrected chi connectivity index (χ2v) is 9.00. The first-order chi connectivity index (χ1) is 12.9. The first-order valence-corrected chi connectivity index (χ1v) is 11.3. The maximum atomic E-state index is 12.4. The molecule has 0 radical (unpaired) electrons. The van der Waals surface area contributed by atoms with Gasteiger partial charge in [-0.1, -0.05) is 64.7 Å². The summed E-state index contributed by atoms with van der Waals surface area (Å²) >= 11 is 0. The summed E-state index contributed by atoms with van der Waals surface area (Å²) in [6.07, 6.45) is 16.4. The molecule has 1 aliphatic rings. The number of carbonyl (C=O) groups excluding carboxylic acids is 1. The molecule has 0 unspecified atom stereocenters. The third-order valence-electron chi connectivity index (χ3n) is 5.92. The Morgan fingerprint density at radius 3 is 1.74 bits per heavy atom. The molecule has 0 aromatic rings. The molecule has 0 aromatic heterocycles. The van der Waals surface area contributed by atoms with E-state index in [1.165, 1.54) is 57.8 Å². The Morgan fingerprint density at radius 2 is 1.26 bits per heavy atom. The van der Waals surface area contributed by atoms with Crippen molar-refractivity contribution in [2.75, 3.05) is 0 Å². The van der Waals surface area contributed by atoms with Crippen LogP contribution >= 0.6 is 0 Å². The van der Waals surface area contributed by atoms with Crippen LogP contribution in [0.3, 0.4) is 0 Å². The minimum atomic E-state index is -0.733. The fraction of sp³-hybridized carbons (Fsp3) is 0.913. The predicted octanol–water partition coefficient (Wildman–Crippen LogP) is 6.51. The maximum Gasteiger partial charge on any atom is 0.309 e. The summed E-state index contributed by atoms with van der Waals surface area (Å²) in [6, 6.07) is 0. The molecular weight excluding hydrogens is 340 g/mol. The van der Waals surface area contributed by atoms with Crippen LogP contribution in [-0.2, 0) is 14.3 Å². The van der Waals surface area contributed by atoms with Crippen LogP contribution in [0.2, 0.25) is 0 Å². The van der Waals surface area contributed by atoms with Gasteiger partial charge in [0.15, 0.2) is 0 Å². The van der Waals surface area contributed by atoms with Gasteiger partial charge in [-0.3, -0.25) is 9.59 Å². The van der Waals surface area contributed by atoms with Gasteiger partial charge in [0.05, 0.1) is 11.8 Å². The summed E-state index contributed by atoms with van der Waals surface area (Å²) in [5.41, 5.74) is -0.416. The molecule has 0 bridgehead atoms. The first-order valence-electron chi connectivity index (χ1n) is 11.3. The molecule has 0 aromatic carbocycles. The molecule has 158 valence electrons. The third kappa shape index (κ3) is 10.8. The molecule has 4 nitrogen and oxygen atoms in total. The molecule has 1 N–H and O–H groups in total. The van der Waals surface area contributed by atoms with Crippen molar-refractivity contribution in [1.29, 1.82) is 0 Å².